The minimum absolute atomic E-state index is 0.0538. The third kappa shape index (κ3) is 3.98. The lowest BCUT2D eigenvalue weighted by atomic mass is 10.2. The number of sulfonamides is 1. The van der Waals surface area contributed by atoms with Crippen LogP contribution in [-0.2, 0) is 23.1 Å². The van der Waals surface area contributed by atoms with Crippen molar-refractivity contribution in [2.75, 3.05) is 6.26 Å². The summed E-state index contributed by atoms with van der Waals surface area (Å²) in [6, 6.07) is 5.82. The molecule has 0 atom stereocenters. The molecule has 0 fully saturated rings. The van der Waals surface area contributed by atoms with Crippen LogP contribution in [0.25, 0.3) is 0 Å². The molecule has 1 aromatic carbocycles. The summed E-state index contributed by atoms with van der Waals surface area (Å²) in [5, 5.41) is 8.77. The molecule has 7 nitrogen and oxygen atoms in total. The first-order valence-electron chi connectivity index (χ1n) is 6.95. The summed E-state index contributed by atoms with van der Waals surface area (Å²) in [5.41, 5.74) is 0.472. The van der Waals surface area contributed by atoms with Crippen molar-refractivity contribution in [2.24, 2.45) is 0 Å². The summed E-state index contributed by atoms with van der Waals surface area (Å²) >= 11 is 1.46. The summed E-state index contributed by atoms with van der Waals surface area (Å²) < 4.78 is 29.0. The van der Waals surface area contributed by atoms with Gasteiger partial charge in [-0.3, -0.25) is 4.79 Å². The van der Waals surface area contributed by atoms with Crippen molar-refractivity contribution in [1.29, 1.82) is 0 Å². The summed E-state index contributed by atoms with van der Waals surface area (Å²) in [5.74, 6) is 0.448. The number of benzene rings is 1. The van der Waals surface area contributed by atoms with Gasteiger partial charge in [0, 0.05) is 12.1 Å². The number of nitrogens with zero attached hydrogens (tertiary/aromatic N) is 3. The van der Waals surface area contributed by atoms with Crippen molar-refractivity contribution < 1.29 is 13.2 Å². The van der Waals surface area contributed by atoms with Gasteiger partial charge in [0.1, 0.15) is 5.82 Å². The minimum Gasteiger partial charge on any atom is -0.305 e. The average molecular weight is 354 g/mol. The molecule has 0 aliphatic rings. The molecule has 1 aromatic heterocycles. The number of rotatable bonds is 7. The fraction of sp³-hybridized carbons (Fsp3) is 0.357. The Balaban J connectivity index is 2.15. The number of hydrogen-bond acceptors (Lipinski definition) is 6. The molecule has 0 saturated heterocycles. The number of carbonyl (C=O) groups excluding carboxylic acids is 1. The molecule has 0 spiro atoms. The van der Waals surface area contributed by atoms with Crippen LogP contribution < -0.4 is 4.72 Å². The number of hydrogen-bond donors (Lipinski definition) is 1. The van der Waals surface area contributed by atoms with Gasteiger partial charge in [0.15, 0.2) is 10.9 Å². The minimum atomic E-state index is -3.67. The van der Waals surface area contributed by atoms with Crippen LogP contribution in [-0.4, -0.2) is 35.2 Å². The Morgan fingerprint density at radius 1 is 1.26 bits per heavy atom. The highest BCUT2D eigenvalue weighted by Gasteiger charge is 2.17. The van der Waals surface area contributed by atoms with E-state index in [0.717, 1.165) is 5.16 Å². The van der Waals surface area contributed by atoms with Crippen LogP contribution in [0.3, 0.4) is 0 Å². The first-order valence-corrected chi connectivity index (χ1v) is 9.66. The molecule has 1 heterocycles. The monoisotopic (exact) mass is 354 g/mol. The number of thioether (sulfide) groups is 1. The second kappa shape index (κ2) is 7.24. The average Bonchev–Trinajstić information content (AvgIpc) is 2.95. The second-order valence-electron chi connectivity index (χ2n) is 4.75. The molecular weight excluding hydrogens is 336 g/mol. The van der Waals surface area contributed by atoms with Gasteiger partial charge < -0.3 is 4.57 Å². The molecule has 0 unspecified atom stereocenters. The Morgan fingerprint density at radius 3 is 2.43 bits per heavy atom. The van der Waals surface area contributed by atoms with Gasteiger partial charge in [0.05, 0.1) is 11.4 Å². The Bertz CT molecular complexity index is 798. The maximum absolute atomic E-state index is 12.3. The zero-order valence-corrected chi connectivity index (χ0v) is 14.7. The molecule has 9 heteroatoms. The van der Waals surface area contributed by atoms with Gasteiger partial charge in [-0.2, -0.15) is 0 Å². The van der Waals surface area contributed by atoms with Crippen LogP contribution in [0.1, 0.15) is 30.0 Å². The van der Waals surface area contributed by atoms with E-state index < -0.39 is 10.0 Å². The maximum Gasteiger partial charge on any atom is 0.240 e. The van der Waals surface area contributed by atoms with E-state index in [-0.39, 0.29) is 17.2 Å². The fourth-order valence-corrected chi connectivity index (χ4v) is 3.59. The van der Waals surface area contributed by atoms with Gasteiger partial charge >= 0.3 is 0 Å². The van der Waals surface area contributed by atoms with Crippen molar-refractivity contribution >= 4 is 27.6 Å². The van der Waals surface area contributed by atoms with Gasteiger partial charge in [-0.15, -0.1) is 10.2 Å². The predicted molar refractivity (Wildman–Crippen MR) is 87.9 cm³/mol. The lowest BCUT2D eigenvalue weighted by molar-refractivity contribution is 0.101. The maximum atomic E-state index is 12.3. The number of carbonyl (C=O) groups is 1. The molecule has 2 rings (SSSR count). The molecule has 0 radical (unpaired) electrons. The SMILES string of the molecule is CCn1c(CNS(=O)(=O)c2ccc(C(C)=O)cc2)nnc1SC. The van der Waals surface area contributed by atoms with E-state index in [9.17, 15) is 13.2 Å². The molecule has 23 heavy (non-hydrogen) atoms. The predicted octanol–water partition coefficient (Wildman–Crippen LogP) is 1.70. The van der Waals surface area contributed by atoms with Crippen LogP contribution in [0.2, 0.25) is 0 Å². The first-order chi connectivity index (χ1) is 10.9. The third-order valence-corrected chi connectivity index (χ3v) is 5.37. The molecule has 0 bridgehead atoms. The van der Waals surface area contributed by atoms with Crippen molar-refractivity contribution in [3.63, 3.8) is 0 Å². The molecule has 0 aliphatic heterocycles. The van der Waals surface area contributed by atoms with Gasteiger partial charge in [0.2, 0.25) is 10.0 Å². The number of aromatic nitrogens is 3. The van der Waals surface area contributed by atoms with Crippen LogP contribution in [0, 0.1) is 0 Å². The zero-order valence-electron chi connectivity index (χ0n) is 13.1. The Morgan fingerprint density at radius 2 is 1.91 bits per heavy atom. The highest BCUT2D eigenvalue weighted by molar-refractivity contribution is 7.98. The molecule has 2 aromatic rings. The van der Waals surface area contributed by atoms with E-state index in [2.05, 4.69) is 14.9 Å². The highest BCUT2D eigenvalue weighted by Crippen LogP contribution is 2.15. The van der Waals surface area contributed by atoms with E-state index in [1.807, 2.05) is 17.7 Å². The summed E-state index contributed by atoms with van der Waals surface area (Å²) in [4.78, 5) is 11.3. The lowest BCUT2D eigenvalue weighted by Crippen LogP contribution is -2.25. The van der Waals surface area contributed by atoms with Crippen LogP contribution in [0.5, 0.6) is 0 Å². The number of nitrogens with one attached hydrogen (secondary N) is 1. The van der Waals surface area contributed by atoms with Crippen LogP contribution in [0.4, 0.5) is 0 Å². The number of ketones is 1. The fourth-order valence-electron chi connectivity index (χ4n) is 2.03. The Hall–Kier alpha value is -1.71. The van der Waals surface area contributed by atoms with Crippen molar-refractivity contribution in [1.82, 2.24) is 19.5 Å². The smallest absolute Gasteiger partial charge is 0.240 e. The Kier molecular flexibility index (Phi) is 5.55. The van der Waals surface area contributed by atoms with Crippen molar-refractivity contribution in [3.8, 4) is 0 Å². The lowest BCUT2D eigenvalue weighted by Gasteiger charge is -2.08. The van der Waals surface area contributed by atoms with Gasteiger partial charge in [0.25, 0.3) is 0 Å². The van der Waals surface area contributed by atoms with E-state index in [1.165, 1.54) is 43.0 Å². The highest BCUT2D eigenvalue weighted by atomic mass is 32.2. The van der Waals surface area contributed by atoms with Crippen molar-refractivity contribution in [2.45, 2.75) is 37.0 Å². The zero-order chi connectivity index (χ0) is 17.0. The molecular formula is C14H18N4O3S2. The third-order valence-electron chi connectivity index (χ3n) is 3.28. The molecule has 1 N–H and O–H groups in total. The van der Waals surface area contributed by atoms with Gasteiger partial charge in [-0.05, 0) is 32.2 Å². The summed E-state index contributed by atoms with van der Waals surface area (Å²) in [7, 11) is -3.67. The van der Waals surface area contributed by atoms with E-state index >= 15 is 0 Å². The van der Waals surface area contributed by atoms with Crippen molar-refractivity contribution in [3.05, 3.63) is 35.7 Å². The Labute approximate surface area is 139 Å². The molecule has 0 amide bonds. The second-order valence-corrected chi connectivity index (χ2v) is 7.29. The summed E-state index contributed by atoms with van der Waals surface area (Å²) in [6.07, 6.45) is 1.89. The van der Waals surface area contributed by atoms with E-state index in [0.29, 0.717) is 17.9 Å². The topological polar surface area (TPSA) is 94.0 Å². The summed E-state index contributed by atoms with van der Waals surface area (Å²) in [6.45, 7) is 4.09. The number of Topliss-reactive ketones (excluding diaryl/α,β-unsaturated/α-hetero) is 1. The molecule has 0 saturated carbocycles. The van der Waals surface area contributed by atoms with E-state index in [4.69, 9.17) is 0 Å². The quantitative estimate of drug-likeness (QED) is 0.601. The van der Waals surface area contributed by atoms with Crippen LogP contribution in [0.15, 0.2) is 34.3 Å². The van der Waals surface area contributed by atoms with Crippen LogP contribution >= 0.6 is 11.8 Å². The van der Waals surface area contributed by atoms with Gasteiger partial charge in [-0.25, -0.2) is 13.1 Å². The van der Waals surface area contributed by atoms with Gasteiger partial charge in [-0.1, -0.05) is 23.9 Å². The largest absolute Gasteiger partial charge is 0.305 e. The first kappa shape index (κ1) is 17.6. The van der Waals surface area contributed by atoms with E-state index in [1.54, 1.807) is 0 Å². The molecule has 0 aliphatic carbocycles. The normalized spacial score (nSPS) is 11.6. The molecule has 124 valence electrons. The standard InChI is InChI=1S/C14H18N4O3S2/c1-4-18-13(16-17-14(18)22-3)9-15-23(20,21)12-7-5-11(6-8-12)10(2)19/h5-8,15H,4,9H2,1-3H3.